The number of benzene rings is 1. The van der Waals surface area contributed by atoms with Crippen LogP contribution < -0.4 is 0 Å². The minimum Gasteiger partial charge on any atom is -0.478 e. The van der Waals surface area contributed by atoms with Gasteiger partial charge in [-0.3, -0.25) is 4.98 Å². The third-order valence-electron chi connectivity index (χ3n) is 2.91. The molecule has 0 aliphatic heterocycles. The molecule has 0 aliphatic rings. The zero-order chi connectivity index (χ0) is 14.9. The van der Waals surface area contributed by atoms with Gasteiger partial charge >= 0.3 is 5.97 Å². The Balaban J connectivity index is 2.62. The zero-order valence-electron chi connectivity index (χ0n) is 11.0. The lowest BCUT2D eigenvalue weighted by Gasteiger charge is -2.11. The van der Waals surface area contributed by atoms with Gasteiger partial charge in [0.2, 0.25) is 0 Å². The molecular weight excluding hydrogens is 264 g/mol. The molecule has 0 saturated carbocycles. The first-order chi connectivity index (χ1) is 9.40. The van der Waals surface area contributed by atoms with Gasteiger partial charge in [0.1, 0.15) is 11.6 Å². The second-order valence-electron chi connectivity index (χ2n) is 4.71. The van der Waals surface area contributed by atoms with Gasteiger partial charge < -0.3 is 5.11 Å². The summed E-state index contributed by atoms with van der Waals surface area (Å²) in [5.41, 5.74) is 0.652. The van der Waals surface area contributed by atoms with Crippen LogP contribution in [-0.2, 0) is 0 Å². The summed E-state index contributed by atoms with van der Waals surface area (Å²) < 4.78 is 26.9. The van der Waals surface area contributed by atoms with Gasteiger partial charge in [-0.15, -0.1) is 0 Å². The van der Waals surface area contributed by atoms with Crippen molar-refractivity contribution in [1.82, 2.24) is 4.98 Å². The molecule has 3 nitrogen and oxygen atoms in total. The van der Waals surface area contributed by atoms with Crippen LogP contribution in [0.15, 0.2) is 30.3 Å². The number of aromatic nitrogens is 1. The summed E-state index contributed by atoms with van der Waals surface area (Å²) in [7, 11) is 0. The average Bonchev–Trinajstić information content (AvgIpc) is 2.40. The average molecular weight is 277 g/mol. The van der Waals surface area contributed by atoms with Gasteiger partial charge in [-0.2, -0.15) is 0 Å². The molecule has 0 unspecified atom stereocenters. The smallest absolute Gasteiger partial charge is 0.337 e. The van der Waals surface area contributed by atoms with Gasteiger partial charge in [0.05, 0.1) is 17.0 Å². The summed E-state index contributed by atoms with van der Waals surface area (Å²) in [5, 5.41) is 9.10. The molecule has 0 fully saturated rings. The molecule has 0 spiro atoms. The molecule has 104 valence electrons. The van der Waals surface area contributed by atoms with Gasteiger partial charge in [-0.1, -0.05) is 13.8 Å². The van der Waals surface area contributed by atoms with Crippen LogP contribution in [-0.4, -0.2) is 16.1 Å². The van der Waals surface area contributed by atoms with E-state index < -0.39 is 17.6 Å². The molecule has 0 bridgehead atoms. The molecule has 5 heteroatoms. The molecule has 2 rings (SSSR count). The summed E-state index contributed by atoms with van der Waals surface area (Å²) in [6.45, 7) is 3.58. The van der Waals surface area contributed by atoms with Crippen molar-refractivity contribution in [3.63, 3.8) is 0 Å². The Morgan fingerprint density at radius 2 is 1.90 bits per heavy atom. The van der Waals surface area contributed by atoms with E-state index in [9.17, 15) is 13.6 Å². The summed E-state index contributed by atoms with van der Waals surface area (Å²) in [5.74, 6) is -2.40. The minimum absolute atomic E-state index is 0.0174. The number of carboxylic acid groups (broad SMARTS) is 1. The fourth-order valence-corrected chi connectivity index (χ4v) is 1.94. The highest BCUT2D eigenvalue weighted by Gasteiger charge is 2.17. The quantitative estimate of drug-likeness (QED) is 0.927. The second kappa shape index (κ2) is 5.36. The normalized spacial score (nSPS) is 10.8. The van der Waals surface area contributed by atoms with Crippen molar-refractivity contribution in [2.24, 2.45) is 0 Å². The van der Waals surface area contributed by atoms with E-state index in [0.29, 0.717) is 5.69 Å². The zero-order valence-corrected chi connectivity index (χ0v) is 11.0. The Kier molecular flexibility index (Phi) is 3.79. The van der Waals surface area contributed by atoms with Crippen LogP contribution in [0.5, 0.6) is 0 Å². The largest absolute Gasteiger partial charge is 0.478 e. The topological polar surface area (TPSA) is 50.2 Å². The number of pyridine rings is 1. The number of hydrogen-bond acceptors (Lipinski definition) is 2. The van der Waals surface area contributed by atoms with Crippen molar-refractivity contribution in [2.75, 3.05) is 0 Å². The third kappa shape index (κ3) is 2.66. The predicted molar refractivity (Wildman–Crippen MR) is 70.6 cm³/mol. The van der Waals surface area contributed by atoms with Gasteiger partial charge in [-0.05, 0) is 36.2 Å². The lowest BCUT2D eigenvalue weighted by atomic mass is 10.0. The van der Waals surface area contributed by atoms with E-state index in [0.717, 1.165) is 18.2 Å². The van der Waals surface area contributed by atoms with E-state index in [1.54, 1.807) is 13.8 Å². The van der Waals surface area contributed by atoms with E-state index in [4.69, 9.17) is 5.11 Å². The van der Waals surface area contributed by atoms with Gasteiger partial charge in [0.15, 0.2) is 0 Å². The van der Waals surface area contributed by atoms with Gasteiger partial charge in [-0.25, -0.2) is 13.6 Å². The Hall–Kier alpha value is -2.30. The Morgan fingerprint density at radius 1 is 1.20 bits per heavy atom. The maximum atomic E-state index is 13.7. The number of hydrogen-bond donors (Lipinski definition) is 1. The van der Waals surface area contributed by atoms with Crippen LogP contribution in [0.4, 0.5) is 8.78 Å². The summed E-state index contributed by atoms with van der Waals surface area (Å²) in [6, 6.07) is 5.83. The number of rotatable bonds is 3. The molecule has 0 amide bonds. The van der Waals surface area contributed by atoms with Crippen LogP contribution in [0.1, 0.15) is 35.8 Å². The molecule has 2 aromatic rings. The van der Waals surface area contributed by atoms with E-state index in [1.165, 1.54) is 12.1 Å². The van der Waals surface area contributed by atoms with Crippen molar-refractivity contribution in [2.45, 2.75) is 19.8 Å². The van der Waals surface area contributed by atoms with Crippen molar-refractivity contribution in [1.29, 1.82) is 0 Å². The molecule has 0 aliphatic carbocycles. The van der Waals surface area contributed by atoms with Crippen LogP contribution in [0.3, 0.4) is 0 Å². The Bertz CT molecular complexity index is 669. The van der Waals surface area contributed by atoms with Crippen LogP contribution in [0.2, 0.25) is 0 Å². The first-order valence-electron chi connectivity index (χ1n) is 6.10. The Morgan fingerprint density at radius 3 is 2.50 bits per heavy atom. The molecule has 0 atom stereocenters. The molecule has 0 radical (unpaired) electrons. The van der Waals surface area contributed by atoms with E-state index >= 15 is 0 Å². The summed E-state index contributed by atoms with van der Waals surface area (Å²) >= 11 is 0. The maximum absolute atomic E-state index is 13.7. The van der Waals surface area contributed by atoms with Crippen LogP contribution in [0, 0.1) is 11.6 Å². The molecule has 1 N–H and O–H groups in total. The predicted octanol–water partition coefficient (Wildman–Crippen LogP) is 3.85. The molecule has 1 aromatic heterocycles. The van der Waals surface area contributed by atoms with Crippen molar-refractivity contribution in [3.8, 4) is 11.3 Å². The molecule has 1 heterocycles. The molecule has 1 aromatic carbocycles. The highest BCUT2D eigenvalue weighted by molar-refractivity contribution is 5.89. The van der Waals surface area contributed by atoms with Gasteiger partial charge in [0.25, 0.3) is 0 Å². The first-order valence-corrected chi connectivity index (χ1v) is 6.10. The first kappa shape index (κ1) is 14.1. The van der Waals surface area contributed by atoms with Crippen molar-refractivity contribution in [3.05, 3.63) is 53.2 Å². The second-order valence-corrected chi connectivity index (χ2v) is 4.71. The summed E-state index contributed by atoms with van der Waals surface area (Å²) in [6.07, 6.45) is 0. The Labute approximate surface area is 114 Å². The third-order valence-corrected chi connectivity index (χ3v) is 2.91. The number of carbonyl (C=O) groups is 1. The number of carboxylic acids is 1. The van der Waals surface area contributed by atoms with Crippen LogP contribution >= 0.6 is 0 Å². The number of nitrogens with zero attached hydrogens (tertiary/aromatic N) is 1. The van der Waals surface area contributed by atoms with E-state index in [1.807, 2.05) is 0 Å². The van der Waals surface area contributed by atoms with Crippen LogP contribution in [0.25, 0.3) is 11.3 Å². The standard InChI is InChI=1S/C15H13F2NO2/c1-8(2)14-10(15(19)20)4-6-13(18-14)11-7-9(16)3-5-12(11)17/h3-8H,1-2H3,(H,19,20). The SMILES string of the molecule is CC(C)c1nc(-c2cc(F)ccc2F)ccc1C(=O)O. The molecular formula is C15H13F2NO2. The fourth-order valence-electron chi connectivity index (χ4n) is 1.94. The number of halogens is 2. The molecule has 0 saturated heterocycles. The van der Waals surface area contributed by atoms with Gasteiger partial charge in [0, 0.05) is 5.56 Å². The lowest BCUT2D eigenvalue weighted by Crippen LogP contribution is -2.07. The lowest BCUT2D eigenvalue weighted by molar-refractivity contribution is 0.0694. The molecule has 20 heavy (non-hydrogen) atoms. The minimum atomic E-state index is -1.09. The summed E-state index contributed by atoms with van der Waals surface area (Å²) in [4.78, 5) is 15.3. The van der Waals surface area contributed by atoms with Crippen molar-refractivity contribution < 1.29 is 18.7 Å². The van der Waals surface area contributed by atoms with E-state index in [2.05, 4.69) is 4.98 Å². The highest BCUT2D eigenvalue weighted by Crippen LogP contribution is 2.26. The number of aromatic carboxylic acids is 1. The maximum Gasteiger partial charge on any atom is 0.337 e. The monoisotopic (exact) mass is 277 g/mol. The van der Waals surface area contributed by atoms with Crippen molar-refractivity contribution >= 4 is 5.97 Å². The highest BCUT2D eigenvalue weighted by atomic mass is 19.1. The fraction of sp³-hybridized carbons (Fsp3) is 0.200. The van der Waals surface area contributed by atoms with E-state index in [-0.39, 0.29) is 22.7 Å².